The molecule has 0 saturated heterocycles. The number of nitro groups is 1. The predicted octanol–water partition coefficient (Wildman–Crippen LogP) is 7.72. The van der Waals surface area contributed by atoms with Crippen molar-refractivity contribution in [1.82, 2.24) is 4.98 Å². The zero-order valence-electron chi connectivity index (χ0n) is 35.8. The number of nitro benzene ring substituents is 1. The number of aliphatic carboxylic acids is 2. The lowest BCUT2D eigenvalue weighted by atomic mass is 10.1. The van der Waals surface area contributed by atoms with Crippen molar-refractivity contribution in [2.75, 3.05) is 12.8 Å². The Hall–Kier alpha value is -8.30. The van der Waals surface area contributed by atoms with Gasteiger partial charge in [-0.2, -0.15) is 0 Å². The van der Waals surface area contributed by atoms with Crippen molar-refractivity contribution < 1.29 is 84.4 Å². The first-order valence-electron chi connectivity index (χ1n) is 19.5. The highest BCUT2D eigenvalue weighted by Crippen LogP contribution is 2.30. The minimum Gasteiger partial charge on any atom is -0.508 e. The molecule has 0 aliphatic carbocycles. The zero-order chi connectivity index (χ0) is 50.8. The maximum absolute atomic E-state index is 11.1. The first-order chi connectivity index (χ1) is 31.5. The Bertz CT molecular complexity index is 2530. The van der Waals surface area contributed by atoms with Gasteiger partial charge in [-0.25, -0.2) is 29.0 Å². The average molecular weight is 954 g/mol. The van der Waals surface area contributed by atoms with Crippen molar-refractivity contribution in [1.29, 1.82) is 0 Å². The topological polar surface area (TPSA) is 376 Å². The number of aliphatic hydroxyl groups is 1. The second-order valence-corrected chi connectivity index (χ2v) is 14.1. The van der Waals surface area contributed by atoms with E-state index in [2.05, 4.69) is 9.72 Å². The molecule has 5 aromatic rings. The summed E-state index contributed by atoms with van der Waals surface area (Å²) in [4.78, 5) is 76.4. The quantitative estimate of drug-likeness (QED) is 0.0120. The van der Waals surface area contributed by atoms with Crippen LogP contribution in [0.5, 0.6) is 17.2 Å². The number of benzene rings is 4. The number of ether oxygens (including phenoxy) is 1. The number of aromatic carboxylic acids is 3. The van der Waals surface area contributed by atoms with Crippen molar-refractivity contribution in [3.63, 3.8) is 0 Å². The van der Waals surface area contributed by atoms with Crippen LogP contribution in [0.2, 0.25) is 5.15 Å². The molecule has 0 fully saturated rings. The van der Waals surface area contributed by atoms with E-state index in [0.29, 0.717) is 10.8 Å². The second kappa shape index (κ2) is 29.2. The number of hydrogen-bond acceptors (Lipinski definition) is 15. The molecule has 5 rings (SSSR count). The number of aliphatic hydroxyl groups excluding tert-OH is 1. The molecule has 11 N–H and O–H groups in total. The van der Waals surface area contributed by atoms with Crippen LogP contribution in [0.4, 0.5) is 11.4 Å². The number of unbranched alkanes of at least 4 members (excludes halogenated alkanes) is 4. The Morgan fingerprint density at radius 1 is 0.776 bits per heavy atom. The van der Waals surface area contributed by atoms with Gasteiger partial charge in [-0.15, -0.1) is 0 Å². The molecule has 1 aromatic heterocycles. The molecule has 0 aliphatic heterocycles. The number of phenols is 3. The molecule has 0 radical (unpaired) electrons. The molecular formula is C45H48ClN3O18. The smallest absolute Gasteiger partial charge is 0.344 e. The van der Waals surface area contributed by atoms with E-state index >= 15 is 0 Å². The number of phenolic OH excluding ortho intramolecular Hbond substituents is 2. The number of nitrogen functional groups attached to an aromatic ring is 1. The lowest BCUT2D eigenvalue weighted by molar-refractivity contribution is -0.385. The van der Waals surface area contributed by atoms with Crippen LogP contribution in [0.15, 0.2) is 91.1 Å². The van der Waals surface area contributed by atoms with Crippen LogP contribution in [0.25, 0.3) is 16.8 Å². The SMILES string of the molecule is CC(O)CCCCCCCC(=O)O.COC(=O)c1ccc(C(=O)O)cc1[N+](=O)[O-].Nc1cc(Cl)ncc1C(=O)O.O=C(O)/C=C/c1ccc(O)cc1.O=C(O)c1cc2cccc(O)c2cc1O. The highest BCUT2D eigenvalue weighted by atomic mass is 35.5. The van der Waals surface area contributed by atoms with E-state index in [9.17, 15) is 49.1 Å². The molecule has 21 nitrogen and oxygen atoms in total. The summed E-state index contributed by atoms with van der Waals surface area (Å²) in [5.74, 6) is -6.35. The highest BCUT2D eigenvalue weighted by Gasteiger charge is 2.22. The molecule has 0 saturated carbocycles. The average Bonchev–Trinajstić information content (AvgIpc) is 3.26. The molecule has 1 unspecified atom stereocenters. The summed E-state index contributed by atoms with van der Waals surface area (Å²) in [6.45, 7) is 1.80. The van der Waals surface area contributed by atoms with Crippen molar-refractivity contribution in [2.24, 2.45) is 0 Å². The summed E-state index contributed by atoms with van der Waals surface area (Å²) in [6, 6.07) is 17.9. The molecule has 67 heavy (non-hydrogen) atoms. The number of methoxy groups -OCH3 is 1. The van der Waals surface area contributed by atoms with Gasteiger partial charge in [0.2, 0.25) is 0 Å². The van der Waals surface area contributed by atoms with E-state index in [1.807, 2.05) is 0 Å². The van der Waals surface area contributed by atoms with E-state index < -0.39 is 46.4 Å². The molecule has 1 atom stereocenters. The monoisotopic (exact) mass is 953 g/mol. The van der Waals surface area contributed by atoms with Crippen molar-refractivity contribution in [3.05, 3.63) is 134 Å². The van der Waals surface area contributed by atoms with Gasteiger partial charge in [-0.3, -0.25) is 14.9 Å². The summed E-state index contributed by atoms with van der Waals surface area (Å²) in [5, 5.41) is 91.1. The Kier molecular flexibility index (Phi) is 24.7. The standard InChI is InChI=1S/C11H8O4.C10H20O3.C9H7NO6.C9H8O3.C6H5ClN2O2/c12-9-3-1-2-6-4-8(11(14)15)10(13)5-7(6)9;1-9(11)7-5-3-2-4-6-8-10(12)13;1-16-9(13)6-3-2-5(8(11)12)4-7(6)10(14)15;10-8-4-1-7(2-5-8)3-6-9(11)12;7-5-1-4(8)3(2-9-5)6(10)11/h1-5,12-13H,(H,14,15);9,11H,2-8H2,1H3,(H,12,13);2-4H,1H3,(H,11,12);1-6,10H,(H,11,12);1-2H,(H2,8,9)(H,10,11)/b;;;6-3+;. The van der Waals surface area contributed by atoms with Gasteiger partial charge >= 0.3 is 35.8 Å². The third-order valence-corrected chi connectivity index (χ3v) is 8.71. The third kappa shape index (κ3) is 21.8. The van der Waals surface area contributed by atoms with E-state index in [1.165, 1.54) is 42.5 Å². The number of esters is 1. The summed E-state index contributed by atoms with van der Waals surface area (Å²) >= 11 is 5.44. The molecule has 0 bridgehead atoms. The number of fused-ring (bicyclic) bond motifs is 1. The predicted molar refractivity (Wildman–Crippen MR) is 243 cm³/mol. The number of nitrogens with two attached hydrogens (primary N) is 1. The van der Waals surface area contributed by atoms with Gasteiger partial charge in [0.05, 0.1) is 29.4 Å². The molecule has 0 spiro atoms. The largest absolute Gasteiger partial charge is 0.508 e. The molecule has 0 aliphatic rings. The molecule has 358 valence electrons. The number of carboxylic acid groups (broad SMARTS) is 5. The van der Waals surface area contributed by atoms with Crippen molar-refractivity contribution in [2.45, 2.75) is 58.0 Å². The number of carbonyl (C=O) groups is 6. The fraction of sp³-hybridized carbons (Fsp3) is 0.222. The second-order valence-electron chi connectivity index (χ2n) is 13.7. The number of aromatic nitrogens is 1. The van der Waals surface area contributed by atoms with Crippen LogP contribution in [-0.4, -0.2) is 105 Å². The summed E-state index contributed by atoms with van der Waals surface area (Å²) in [7, 11) is 1.08. The van der Waals surface area contributed by atoms with E-state index in [0.717, 1.165) is 81.7 Å². The number of aromatic hydroxyl groups is 3. The number of nitrogens with zero attached hydrogens (tertiary/aromatic N) is 2. The fourth-order valence-electron chi connectivity index (χ4n) is 5.19. The first-order valence-corrected chi connectivity index (χ1v) is 19.9. The van der Waals surface area contributed by atoms with E-state index in [-0.39, 0.29) is 62.9 Å². The Morgan fingerprint density at radius 2 is 1.39 bits per heavy atom. The number of anilines is 1. The minimum absolute atomic E-state index is 0.0136. The lowest BCUT2D eigenvalue weighted by Crippen LogP contribution is -2.07. The normalized spacial score (nSPS) is 10.5. The van der Waals surface area contributed by atoms with Crippen LogP contribution >= 0.6 is 11.6 Å². The fourth-order valence-corrected chi connectivity index (χ4v) is 5.36. The number of rotatable bonds is 15. The van der Waals surface area contributed by atoms with Crippen LogP contribution in [0, 0.1) is 10.1 Å². The van der Waals surface area contributed by atoms with Gasteiger partial charge in [-0.05, 0) is 85.3 Å². The molecule has 1 heterocycles. The molecule has 4 aromatic carbocycles. The van der Waals surface area contributed by atoms with Crippen LogP contribution in [0.1, 0.15) is 98.9 Å². The number of halogens is 1. The van der Waals surface area contributed by atoms with Crippen molar-refractivity contribution in [3.8, 4) is 17.2 Å². The number of carbonyl (C=O) groups excluding carboxylic acids is 1. The molecule has 0 amide bonds. The first kappa shape index (κ1) is 56.7. The maximum Gasteiger partial charge on any atom is 0.344 e. The van der Waals surface area contributed by atoms with Gasteiger partial charge in [-0.1, -0.05) is 61.5 Å². The molecular weight excluding hydrogens is 906 g/mol. The van der Waals surface area contributed by atoms with Crippen LogP contribution in [0.3, 0.4) is 0 Å². The molecule has 22 heteroatoms. The van der Waals surface area contributed by atoms with Crippen molar-refractivity contribution >= 4 is 75.6 Å². The Balaban J connectivity index is 0.000000422. The summed E-state index contributed by atoms with van der Waals surface area (Å²) in [5.41, 5.74) is 4.84. The number of hydrogen-bond donors (Lipinski definition) is 10. The number of pyridine rings is 1. The minimum atomic E-state index is -1.31. The van der Waals surface area contributed by atoms with Crippen LogP contribution in [-0.2, 0) is 14.3 Å². The Morgan fingerprint density at radius 3 is 1.91 bits per heavy atom. The summed E-state index contributed by atoms with van der Waals surface area (Å²) < 4.78 is 4.34. The van der Waals surface area contributed by atoms with Gasteiger partial charge in [0.15, 0.2) is 0 Å². The highest BCUT2D eigenvalue weighted by molar-refractivity contribution is 6.29. The van der Waals surface area contributed by atoms with E-state index in [1.54, 1.807) is 31.2 Å². The van der Waals surface area contributed by atoms with E-state index in [4.69, 9.17) is 53.1 Å². The summed E-state index contributed by atoms with van der Waals surface area (Å²) in [6.07, 6.45) is 9.59. The van der Waals surface area contributed by atoms with Gasteiger partial charge < -0.3 is 56.4 Å². The van der Waals surface area contributed by atoms with Gasteiger partial charge in [0, 0.05) is 30.1 Å². The van der Waals surface area contributed by atoms with Gasteiger partial charge in [0.1, 0.15) is 39.1 Å². The van der Waals surface area contributed by atoms with Crippen LogP contribution < -0.4 is 5.73 Å². The number of carboxylic acids is 5. The maximum atomic E-state index is 11.1. The van der Waals surface area contributed by atoms with Gasteiger partial charge in [0.25, 0.3) is 5.69 Å². The Labute approximate surface area is 386 Å². The zero-order valence-corrected chi connectivity index (χ0v) is 36.6. The lowest BCUT2D eigenvalue weighted by Gasteiger charge is -2.04. The third-order valence-electron chi connectivity index (χ3n) is 8.51.